The summed E-state index contributed by atoms with van der Waals surface area (Å²) in [5, 5.41) is 4.10. The van der Waals surface area contributed by atoms with Crippen molar-refractivity contribution >= 4 is 34.3 Å². The van der Waals surface area contributed by atoms with Crippen LogP contribution in [0, 0.1) is 20.8 Å². The summed E-state index contributed by atoms with van der Waals surface area (Å²) in [5.41, 5.74) is 6.10. The summed E-state index contributed by atoms with van der Waals surface area (Å²) in [6.45, 7) is 6.06. The summed E-state index contributed by atoms with van der Waals surface area (Å²) in [4.78, 5) is 7.94. The third-order valence-electron chi connectivity index (χ3n) is 3.82. The van der Waals surface area contributed by atoms with E-state index in [1.807, 2.05) is 45.0 Å². The Morgan fingerprint density at radius 1 is 1.14 bits per heavy atom. The van der Waals surface area contributed by atoms with E-state index in [9.17, 15) is 0 Å². The third kappa shape index (κ3) is 2.50. The topological polar surface area (TPSA) is 49.9 Å². The lowest BCUT2D eigenvalue weighted by Gasteiger charge is -2.11. The molecule has 0 aliphatic carbocycles. The molecule has 0 saturated carbocycles. The second kappa shape index (κ2) is 5.54. The molecule has 0 radical (unpaired) electrons. The summed E-state index contributed by atoms with van der Waals surface area (Å²) in [6.07, 6.45) is 0. The average molecular weight is 316 g/mol. The first kappa shape index (κ1) is 14.7. The van der Waals surface area contributed by atoms with Gasteiger partial charge in [-0.25, -0.2) is 4.98 Å². The summed E-state index contributed by atoms with van der Waals surface area (Å²) < 4.78 is 5.34. The molecule has 5 heteroatoms. The molecule has 0 saturated heterocycles. The Kier molecular flexibility index (Phi) is 3.71. The number of nitrogens with zero attached hydrogens (tertiary/aromatic N) is 1. The number of methoxy groups -OCH3 is 1. The van der Waals surface area contributed by atoms with Gasteiger partial charge in [0.25, 0.3) is 0 Å². The molecule has 1 aromatic heterocycles. The van der Waals surface area contributed by atoms with Crippen LogP contribution in [0.3, 0.4) is 0 Å². The maximum atomic E-state index is 6.08. The van der Waals surface area contributed by atoms with Crippen LogP contribution in [0.25, 0.3) is 11.0 Å². The summed E-state index contributed by atoms with van der Waals surface area (Å²) in [5.74, 6) is 1.55. The quantitative estimate of drug-likeness (QED) is 0.723. The first-order valence-corrected chi connectivity index (χ1v) is 7.44. The number of hydrogen-bond acceptors (Lipinski definition) is 3. The summed E-state index contributed by atoms with van der Waals surface area (Å²) in [7, 11) is 1.67. The van der Waals surface area contributed by atoms with E-state index in [4.69, 9.17) is 16.3 Å². The van der Waals surface area contributed by atoms with Crippen molar-refractivity contribution in [3.63, 3.8) is 0 Å². The summed E-state index contributed by atoms with van der Waals surface area (Å²) >= 11 is 6.08. The average Bonchev–Trinajstić information content (AvgIpc) is 2.87. The second-order valence-corrected chi connectivity index (χ2v) is 5.85. The molecule has 22 heavy (non-hydrogen) atoms. The van der Waals surface area contributed by atoms with Crippen molar-refractivity contribution < 1.29 is 4.74 Å². The number of aryl methyl sites for hydroxylation is 3. The zero-order chi connectivity index (χ0) is 15.9. The Balaban J connectivity index is 2.03. The third-order valence-corrected chi connectivity index (χ3v) is 4.04. The minimum absolute atomic E-state index is 0.708. The molecule has 0 fully saturated rings. The van der Waals surface area contributed by atoms with Crippen LogP contribution >= 0.6 is 11.6 Å². The van der Waals surface area contributed by atoms with Gasteiger partial charge < -0.3 is 15.0 Å². The first-order valence-electron chi connectivity index (χ1n) is 7.06. The fourth-order valence-corrected chi connectivity index (χ4v) is 3.03. The maximum absolute atomic E-state index is 6.08. The fraction of sp³-hybridized carbons (Fsp3) is 0.235. The summed E-state index contributed by atoms with van der Waals surface area (Å²) in [6, 6.07) is 7.79. The number of imidazole rings is 1. The molecular formula is C17H18ClN3O. The Morgan fingerprint density at radius 3 is 2.45 bits per heavy atom. The van der Waals surface area contributed by atoms with Crippen molar-refractivity contribution in [2.75, 3.05) is 12.4 Å². The molecule has 0 spiro atoms. The predicted octanol–water partition coefficient (Wildman–Crippen LogP) is 4.89. The number of H-pyrrole nitrogens is 1. The van der Waals surface area contributed by atoms with Gasteiger partial charge >= 0.3 is 0 Å². The largest absolute Gasteiger partial charge is 0.496 e. The SMILES string of the molecule is COc1ccc2[nH]c(Nc3c(C)cc(Cl)cc3C)nc2c1C. The van der Waals surface area contributed by atoms with E-state index in [2.05, 4.69) is 15.3 Å². The highest BCUT2D eigenvalue weighted by atomic mass is 35.5. The van der Waals surface area contributed by atoms with Crippen molar-refractivity contribution in [1.82, 2.24) is 9.97 Å². The van der Waals surface area contributed by atoms with Crippen molar-refractivity contribution in [3.8, 4) is 5.75 Å². The molecule has 2 aromatic carbocycles. The van der Waals surface area contributed by atoms with Gasteiger partial charge in [-0.1, -0.05) is 11.6 Å². The zero-order valence-corrected chi connectivity index (χ0v) is 13.8. The van der Waals surface area contributed by atoms with E-state index in [1.54, 1.807) is 7.11 Å². The molecule has 0 bridgehead atoms. The minimum atomic E-state index is 0.708. The van der Waals surface area contributed by atoms with E-state index < -0.39 is 0 Å². The molecule has 4 nitrogen and oxygen atoms in total. The maximum Gasteiger partial charge on any atom is 0.205 e. The fourth-order valence-electron chi connectivity index (χ4n) is 2.70. The Labute approximate surface area is 134 Å². The molecule has 2 N–H and O–H groups in total. The highest BCUT2D eigenvalue weighted by molar-refractivity contribution is 6.30. The van der Waals surface area contributed by atoms with Crippen LogP contribution in [-0.4, -0.2) is 17.1 Å². The number of benzene rings is 2. The van der Waals surface area contributed by atoms with Crippen molar-refractivity contribution in [1.29, 1.82) is 0 Å². The molecule has 3 aromatic rings. The Bertz CT molecular complexity index is 831. The smallest absolute Gasteiger partial charge is 0.205 e. The number of ether oxygens (including phenoxy) is 1. The van der Waals surface area contributed by atoms with Crippen LogP contribution in [-0.2, 0) is 0 Å². The van der Waals surface area contributed by atoms with Crippen molar-refractivity contribution in [3.05, 3.63) is 46.0 Å². The van der Waals surface area contributed by atoms with E-state index in [1.165, 1.54) is 0 Å². The molecule has 114 valence electrons. The van der Waals surface area contributed by atoms with E-state index >= 15 is 0 Å². The minimum Gasteiger partial charge on any atom is -0.496 e. The van der Waals surface area contributed by atoms with E-state index in [-0.39, 0.29) is 0 Å². The van der Waals surface area contributed by atoms with Gasteiger partial charge in [0.05, 0.1) is 18.1 Å². The number of nitrogens with one attached hydrogen (secondary N) is 2. The molecule has 0 atom stereocenters. The lowest BCUT2D eigenvalue weighted by Crippen LogP contribution is -1.97. The van der Waals surface area contributed by atoms with Crippen LogP contribution in [0.15, 0.2) is 24.3 Å². The van der Waals surface area contributed by atoms with Gasteiger partial charge in [-0.15, -0.1) is 0 Å². The van der Waals surface area contributed by atoms with Crippen LogP contribution in [0.5, 0.6) is 5.75 Å². The van der Waals surface area contributed by atoms with Gasteiger partial charge in [-0.2, -0.15) is 0 Å². The van der Waals surface area contributed by atoms with E-state index in [0.29, 0.717) is 5.95 Å². The van der Waals surface area contributed by atoms with E-state index in [0.717, 1.165) is 44.2 Å². The van der Waals surface area contributed by atoms with Gasteiger partial charge in [0.1, 0.15) is 5.75 Å². The normalized spacial score (nSPS) is 11.0. The van der Waals surface area contributed by atoms with Crippen molar-refractivity contribution in [2.24, 2.45) is 0 Å². The monoisotopic (exact) mass is 315 g/mol. The molecule has 3 rings (SSSR count). The predicted molar refractivity (Wildman–Crippen MR) is 91.6 cm³/mol. The number of anilines is 2. The molecule has 0 unspecified atom stereocenters. The van der Waals surface area contributed by atoms with Gasteiger partial charge in [0.2, 0.25) is 5.95 Å². The lowest BCUT2D eigenvalue weighted by molar-refractivity contribution is 0.412. The van der Waals surface area contributed by atoms with Crippen LogP contribution in [0.2, 0.25) is 5.02 Å². The first-order chi connectivity index (χ1) is 10.5. The Morgan fingerprint density at radius 2 is 1.82 bits per heavy atom. The van der Waals surface area contributed by atoms with Gasteiger partial charge in [-0.3, -0.25) is 0 Å². The van der Waals surface area contributed by atoms with Crippen LogP contribution < -0.4 is 10.1 Å². The van der Waals surface area contributed by atoms with Gasteiger partial charge in [-0.05, 0) is 56.2 Å². The number of aromatic nitrogens is 2. The lowest BCUT2D eigenvalue weighted by atomic mass is 10.1. The number of hydrogen-bond donors (Lipinski definition) is 2. The second-order valence-electron chi connectivity index (χ2n) is 5.41. The molecule has 1 heterocycles. The highest BCUT2D eigenvalue weighted by Gasteiger charge is 2.11. The van der Waals surface area contributed by atoms with Gasteiger partial charge in [0, 0.05) is 16.3 Å². The number of fused-ring (bicyclic) bond motifs is 1. The highest BCUT2D eigenvalue weighted by Crippen LogP contribution is 2.30. The molecular weight excluding hydrogens is 298 g/mol. The molecule has 0 aliphatic heterocycles. The molecule has 0 amide bonds. The number of halogens is 1. The number of aromatic amines is 1. The van der Waals surface area contributed by atoms with Crippen LogP contribution in [0.1, 0.15) is 16.7 Å². The number of rotatable bonds is 3. The standard InChI is InChI=1S/C17H18ClN3O/c1-9-7-12(18)8-10(2)15(9)20-17-19-13-5-6-14(22-4)11(3)16(13)21-17/h5-8H,1-4H3,(H2,19,20,21). The Hall–Kier alpha value is -2.20. The zero-order valence-electron chi connectivity index (χ0n) is 13.0. The molecule has 0 aliphatic rings. The van der Waals surface area contributed by atoms with Gasteiger partial charge in [0.15, 0.2) is 0 Å². The van der Waals surface area contributed by atoms with Crippen molar-refractivity contribution in [2.45, 2.75) is 20.8 Å². The van der Waals surface area contributed by atoms with Crippen LogP contribution in [0.4, 0.5) is 11.6 Å².